The summed E-state index contributed by atoms with van der Waals surface area (Å²) in [5, 5.41) is 14.3. The predicted molar refractivity (Wildman–Crippen MR) is 144 cm³/mol. The average molecular weight is 563 g/mol. The molecule has 1 aromatic carbocycles. The molecule has 0 saturated carbocycles. The van der Waals surface area contributed by atoms with Crippen molar-refractivity contribution < 1.29 is 19.1 Å². The first-order valence-electron chi connectivity index (χ1n) is 11.2. The quantitative estimate of drug-likeness (QED) is 0.169. The molecular formula is C24H27ClN6O4S2. The molecule has 0 spiro atoms. The zero-order valence-electron chi connectivity index (χ0n) is 20.8. The van der Waals surface area contributed by atoms with Gasteiger partial charge in [-0.05, 0) is 32.4 Å². The van der Waals surface area contributed by atoms with Crippen LogP contribution in [0.3, 0.4) is 0 Å². The lowest BCUT2D eigenvalue weighted by Crippen LogP contribution is -2.34. The zero-order chi connectivity index (χ0) is 26.8. The minimum atomic E-state index is -0.555. The number of carbonyl (C=O) groups is 2. The molecule has 0 aliphatic carbocycles. The topological polar surface area (TPSA) is 120 Å². The van der Waals surface area contributed by atoms with Crippen molar-refractivity contribution in [2.24, 2.45) is 0 Å². The van der Waals surface area contributed by atoms with Crippen molar-refractivity contribution in [2.75, 3.05) is 25.1 Å². The van der Waals surface area contributed by atoms with E-state index < -0.39 is 11.7 Å². The Labute approximate surface area is 228 Å². The lowest BCUT2D eigenvalue weighted by atomic mass is 10.1. The molecule has 2 aromatic heterocycles. The Hall–Kier alpha value is -3.11. The van der Waals surface area contributed by atoms with Crippen molar-refractivity contribution in [2.45, 2.75) is 43.4 Å². The molecule has 0 radical (unpaired) electrons. The van der Waals surface area contributed by atoms with E-state index in [2.05, 4.69) is 37.7 Å². The van der Waals surface area contributed by atoms with Crippen LogP contribution in [0.4, 0.5) is 9.93 Å². The first kappa shape index (κ1) is 28.5. The summed E-state index contributed by atoms with van der Waals surface area (Å²) < 4.78 is 13.2. The smallest absolute Gasteiger partial charge is 0.407 e. The van der Waals surface area contributed by atoms with Crippen molar-refractivity contribution in [3.05, 3.63) is 47.0 Å². The van der Waals surface area contributed by atoms with Gasteiger partial charge in [0.05, 0.1) is 23.6 Å². The van der Waals surface area contributed by atoms with Crippen molar-refractivity contribution >= 4 is 51.8 Å². The van der Waals surface area contributed by atoms with E-state index in [9.17, 15) is 9.59 Å². The molecule has 2 N–H and O–H groups in total. The molecule has 0 atom stereocenters. The second-order valence-corrected chi connectivity index (χ2v) is 11.1. The van der Waals surface area contributed by atoms with E-state index in [1.807, 2.05) is 16.7 Å². The first-order valence-corrected chi connectivity index (χ1v) is 13.4. The Bertz CT molecular complexity index is 1280. The maximum Gasteiger partial charge on any atom is 0.407 e. The van der Waals surface area contributed by atoms with E-state index in [-0.39, 0.29) is 19.1 Å². The maximum absolute atomic E-state index is 11.7. The standard InChI is InChI=1S/C24H27ClN6O4S2/c1-16(32)28-21-29-30-23(37-21)36-14-17-7-8-19(31-11-9-26-15-31)20(25)18(17)6-5-12-34-13-10-27-22(33)35-24(2,3)4/h7-9,11,15H,10,12-14H2,1-4H3,(H,27,33)(H,28,29,32). The molecule has 2 heterocycles. The fourth-order valence-electron chi connectivity index (χ4n) is 2.86. The number of nitrogens with zero attached hydrogens (tertiary/aromatic N) is 4. The van der Waals surface area contributed by atoms with Crippen LogP contribution in [0.25, 0.3) is 5.69 Å². The highest BCUT2D eigenvalue weighted by atomic mass is 35.5. The summed E-state index contributed by atoms with van der Waals surface area (Å²) >= 11 is 9.53. The van der Waals surface area contributed by atoms with E-state index in [4.69, 9.17) is 21.1 Å². The van der Waals surface area contributed by atoms with Gasteiger partial charge in [-0.2, -0.15) is 0 Å². The monoisotopic (exact) mass is 562 g/mol. The van der Waals surface area contributed by atoms with Crippen LogP contribution in [-0.2, 0) is 20.0 Å². The van der Waals surface area contributed by atoms with Gasteiger partial charge in [-0.15, -0.1) is 10.2 Å². The number of aromatic nitrogens is 4. The molecule has 0 aliphatic rings. The third kappa shape index (κ3) is 9.36. The summed E-state index contributed by atoms with van der Waals surface area (Å²) in [6, 6.07) is 3.87. The number of benzene rings is 1. The summed E-state index contributed by atoms with van der Waals surface area (Å²) in [5.74, 6) is 6.47. The van der Waals surface area contributed by atoms with Crippen LogP contribution < -0.4 is 10.6 Å². The van der Waals surface area contributed by atoms with E-state index in [1.165, 1.54) is 30.0 Å². The van der Waals surface area contributed by atoms with Gasteiger partial charge in [0.2, 0.25) is 11.0 Å². The number of nitrogens with one attached hydrogen (secondary N) is 2. The maximum atomic E-state index is 11.7. The minimum absolute atomic E-state index is 0.157. The lowest BCUT2D eigenvalue weighted by molar-refractivity contribution is -0.114. The highest BCUT2D eigenvalue weighted by molar-refractivity contribution is 8.00. The Morgan fingerprint density at radius 2 is 2.08 bits per heavy atom. The first-order chi connectivity index (χ1) is 17.6. The number of anilines is 1. The van der Waals surface area contributed by atoms with Gasteiger partial charge in [-0.1, -0.05) is 52.6 Å². The minimum Gasteiger partial charge on any atom is -0.444 e. The summed E-state index contributed by atoms with van der Waals surface area (Å²) in [6.07, 6.45) is 4.65. The van der Waals surface area contributed by atoms with E-state index >= 15 is 0 Å². The lowest BCUT2D eigenvalue weighted by Gasteiger charge is -2.19. The number of hydrogen-bond donors (Lipinski definition) is 2. The molecule has 10 nitrogen and oxygen atoms in total. The normalized spacial score (nSPS) is 10.9. The van der Waals surface area contributed by atoms with Gasteiger partial charge >= 0.3 is 6.09 Å². The van der Waals surface area contributed by atoms with Crippen LogP contribution in [0.15, 0.2) is 35.2 Å². The van der Waals surface area contributed by atoms with Crippen molar-refractivity contribution in [3.63, 3.8) is 0 Å². The Kier molecular flexibility index (Phi) is 10.3. The molecule has 37 heavy (non-hydrogen) atoms. The Morgan fingerprint density at radius 1 is 1.27 bits per heavy atom. The molecule has 0 saturated heterocycles. The van der Waals surface area contributed by atoms with Gasteiger partial charge in [0.25, 0.3) is 0 Å². The molecular weight excluding hydrogens is 536 g/mol. The number of rotatable bonds is 9. The number of hydrogen-bond acceptors (Lipinski definition) is 9. The van der Waals surface area contributed by atoms with Gasteiger partial charge in [-0.25, -0.2) is 9.78 Å². The van der Waals surface area contributed by atoms with E-state index in [0.717, 1.165) is 11.3 Å². The molecule has 0 bridgehead atoms. The number of imidazole rings is 1. The fraction of sp³-hybridized carbons (Fsp3) is 0.375. The van der Waals surface area contributed by atoms with Gasteiger partial charge < -0.3 is 24.7 Å². The summed E-state index contributed by atoms with van der Waals surface area (Å²) in [7, 11) is 0. The molecule has 3 rings (SSSR count). The molecule has 0 fully saturated rings. The van der Waals surface area contributed by atoms with Crippen LogP contribution >= 0.6 is 34.7 Å². The Morgan fingerprint density at radius 3 is 2.78 bits per heavy atom. The zero-order valence-corrected chi connectivity index (χ0v) is 23.2. The van der Waals surface area contributed by atoms with Gasteiger partial charge in [0.15, 0.2) is 4.34 Å². The largest absolute Gasteiger partial charge is 0.444 e. The highest BCUT2D eigenvalue weighted by Crippen LogP contribution is 2.33. The van der Waals surface area contributed by atoms with Crippen LogP contribution in [0.5, 0.6) is 0 Å². The molecule has 13 heteroatoms. The van der Waals surface area contributed by atoms with Crippen molar-refractivity contribution in [1.82, 2.24) is 25.1 Å². The summed E-state index contributed by atoms with van der Waals surface area (Å²) in [6.45, 7) is 7.57. The number of amides is 2. The third-order valence-electron chi connectivity index (χ3n) is 4.33. The number of halogens is 1. The number of carbonyl (C=O) groups excluding carboxylic acids is 2. The highest BCUT2D eigenvalue weighted by Gasteiger charge is 2.16. The SMILES string of the molecule is CC(=O)Nc1nnc(SCc2ccc(-n3ccnc3)c(Cl)c2C#CCOCCNC(=O)OC(C)(C)C)s1. The summed E-state index contributed by atoms with van der Waals surface area (Å²) in [5.41, 5.74) is 1.78. The summed E-state index contributed by atoms with van der Waals surface area (Å²) in [4.78, 5) is 27.0. The van der Waals surface area contributed by atoms with E-state index in [0.29, 0.717) is 32.4 Å². The van der Waals surface area contributed by atoms with Crippen LogP contribution in [0.2, 0.25) is 5.02 Å². The molecule has 196 valence electrons. The van der Waals surface area contributed by atoms with Crippen molar-refractivity contribution in [1.29, 1.82) is 0 Å². The van der Waals surface area contributed by atoms with E-state index in [1.54, 1.807) is 39.5 Å². The van der Waals surface area contributed by atoms with Crippen molar-refractivity contribution in [3.8, 4) is 17.5 Å². The van der Waals surface area contributed by atoms with Crippen LogP contribution in [0.1, 0.15) is 38.8 Å². The molecule has 2 amide bonds. The van der Waals surface area contributed by atoms with Gasteiger partial charge in [-0.3, -0.25) is 4.79 Å². The second-order valence-electron chi connectivity index (χ2n) is 8.53. The second kappa shape index (κ2) is 13.4. The predicted octanol–water partition coefficient (Wildman–Crippen LogP) is 4.52. The molecule has 3 aromatic rings. The average Bonchev–Trinajstić information content (AvgIpc) is 3.49. The van der Waals surface area contributed by atoms with Crippen LogP contribution in [-0.4, -0.2) is 57.1 Å². The third-order valence-corrected chi connectivity index (χ3v) is 6.74. The van der Waals surface area contributed by atoms with Gasteiger partial charge in [0.1, 0.15) is 12.2 Å². The van der Waals surface area contributed by atoms with Gasteiger partial charge in [0, 0.05) is 37.2 Å². The number of alkyl carbamates (subject to hydrolysis) is 1. The van der Waals surface area contributed by atoms with Crippen LogP contribution in [0, 0.1) is 11.8 Å². The Balaban J connectivity index is 1.65. The molecule has 0 unspecified atom stereocenters. The number of ether oxygens (including phenoxy) is 2. The number of thioether (sulfide) groups is 1. The fourth-order valence-corrected chi connectivity index (χ4v) is 4.98. The molecule has 0 aliphatic heterocycles.